The van der Waals surface area contributed by atoms with Crippen molar-refractivity contribution in [3.05, 3.63) is 41.3 Å². The highest BCUT2D eigenvalue weighted by Gasteiger charge is 2.11. The Labute approximate surface area is 118 Å². The molecule has 0 atom stereocenters. The average molecular weight is 302 g/mol. The minimum Gasteiger partial charge on any atom is -0.339 e. The van der Waals surface area contributed by atoms with Crippen LogP contribution in [0.5, 0.6) is 0 Å². The van der Waals surface area contributed by atoms with E-state index in [2.05, 4.69) is 15.3 Å². The van der Waals surface area contributed by atoms with E-state index in [9.17, 15) is 8.78 Å². The monoisotopic (exact) mass is 301 g/mol. The number of rotatable bonds is 4. The molecule has 1 N–H and O–H groups in total. The van der Waals surface area contributed by atoms with Crippen LogP contribution in [0.1, 0.15) is 5.56 Å². The zero-order valence-electron chi connectivity index (χ0n) is 9.90. The van der Waals surface area contributed by atoms with E-state index < -0.39 is 5.76 Å². The van der Waals surface area contributed by atoms with Crippen molar-refractivity contribution in [3.8, 4) is 0 Å². The Kier molecular flexibility index (Phi) is 4.55. The summed E-state index contributed by atoms with van der Waals surface area (Å²) in [6, 6.07) is 6.79. The summed E-state index contributed by atoms with van der Waals surface area (Å²) in [4.78, 5) is 8.33. The van der Waals surface area contributed by atoms with E-state index in [1.54, 1.807) is 30.5 Å². The Hall–Kier alpha value is -1.40. The Morgan fingerprint density at radius 2 is 2.05 bits per heavy atom. The molecule has 0 spiro atoms. The van der Waals surface area contributed by atoms with Gasteiger partial charge >= 0.3 is 0 Å². The molecule has 3 nitrogen and oxygen atoms in total. The lowest BCUT2D eigenvalue weighted by molar-refractivity contribution is 0.252. The summed E-state index contributed by atoms with van der Waals surface area (Å²) in [5, 5.41) is 3.10. The number of alkyl halides is 2. The molecule has 7 heteroatoms. The molecule has 2 rings (SSSR count). The predicted molar refractivity (Wildman–Crippen MR) is 73.4 cm³/mol. The molecule has 1 heterocycles. The summed E-state index contributed by atoms with van der Waals surface area (Å²) in [6.45, 7) is 1.81. The summed E-state index contributed by atoms with van der Waals surface area (Å²) in [5.41, 5.74) is 1.34. The number of hydrogen-bond acceptors (Lipinski definition) is 4. The van der Waals surface area contributed by atoms with Crippen LogP contribution in [-0.4, -0.2) is 15.7 Å². The first-order chi connectivity index (χ1) is 9.06. The fourth-order valence-electron chi connectivity index (χ4n) is 1.44. The summed E-state index contributed by atoms with van der Waals surface area (Å²) in [5.74, 6) is -1.97. The van der Waals surface area contributed by atoms with Crippen LogP contribution < -0.4 is 5.32 Å². The molecule has 0 amide bonds. The third-order valence-electron chi connectivity index (χ3n) is 2.30. The van der Waals surface area contributed by atoms with Crippen molar-refractivity contribution in [2.24, 2.45) is 0 Å². The fraction of sp³-hybridized carbons (Fsp3) is 0.167. The van der Waals surface area contributed by atoms with Crippen molar-refractivity contribution in [2.45, 2.75) is 17.6 Å². The highest BCUT2D eigenvalue weighted by Crippen LogP contribution is 2.33. The predicted octanol–water partition coefficient (Wildman–Crippen LogP) is 4.50. The second-order valence-electron chi connectivity index (χ2n) is 3.67. The van der Waals surface area contributed by atoms with Crippen LogP contribution in [0.4, 0.5) is 20.3 Å². The molecule has 0 saturated heterocycles. The largest absolute Gasteiger partial charge is 0.339 e. The quantitative estimate of drug-likeness (QED) is 0.666. The number of para-hydroxylation sites is 1. The van der Waals surface area contributed by atoms with Gasteiger partial charge in [0.05, 0.1) is 5.69 Å². The van der Waals surface area contributed by atoms with Gasteiger partial charge in [0.1, 0.15) is 5.82 Å². The van der Waals surface area contributed by atoms with Crippen LogP contribution in [0, 0.1) is 6.92 Å². The van der Waals surface area contributed by atoms with Crippen LogP contribution in [0.3, 0.4) is 0 Å². The van der Waals surface area contributed by atoms with E-state index in [0.29, 0.717) is 28.2 Å². The molecule has 1 aromatic heterocycles. The Balaban J connectivity index is 2.30. The van der Waals surface area contributed by atoms with Gasteiger partial charge in [-0.1, -0.05) is 23.9 Å². The third-order valence-corrected chi connectivity index (χ3v) is 3.27. The van der Waals surface area contributed by atoms with Crippen molar-refractivity contribution in [1.82, 2.24) is 9.97 Å². The van der Waals surface area contributed by atoms with E-state index in [0.717, 1.165) is 5.56 Å². The molecule has 19 heavy (non-hydrogen) atoms. The van der Waals surface area contributed by atoms with E-state index in [1.165, 1.54) is 0 Å². The van der Waals surface area contributed by atoms with Gasteiger partial charge in [0.15, 0.2) is 0 Å². The number of halogens is 3. The first-order valence-electron chi connectivity index (χ1n) is 5.36. The highest BCUT2D eigenvalue weighted by atomic mass is 35.5. The van der Waals surface area contributed by atoms with Crippen molar-refractivity contribution in [3.63, 3.8) is 0 Å². The van der Waals surface area contributed by atoms with Gasteiger partial charge in [-0.25, -0.2) is 9.97 Å². The van der Waals surface area contributed by atoms with Gasteiger partial charge < -0.3 is 5.32 Å². The van der Waals surface area contributed by atoms with Crippen LogP contribution in [-0.2, 0) is 0 Å². The second kappa shape index (κ2) is 6.16. The lowest BCUT2D eigenvalue weighted by Crippen LogP contribution is -1.99. The molecule has 0 aliphatic rings. The van der Waals surface area contributed by atoms with Crippen LogP contribution in [0.2, 0.25) is 5.28 Å². The average Bonchev–Trinajstić information content (AvgIpc) is 2.35. The maximum Gasteiger partial charge on any atom is 0.288 e. The topological polar surface area (TPSA) is 37.8 Å². The maximum absolute atomic E-state index is 12.5. The molecule has 0 aliphatic heterocycles. The van der Waals surface area contributed by atoms with Crippen LogP contribution >= 0.6 is 23.4 Å². The molecule has 0 bridgehead atoms. The van der Waals surface area contributed by atoms with Crippen molar-refractivity contribution >= 4 is 34.9 Å². The summed E-state index contributed by atoms with van der Waals surface area (Å²) < 4.78 is 24.9. The fourth-order valence-corrected chi connectivity index (χ4v) is 2.17. The molecule has 100 valence electrons. The number of benzene rings is 1. The molecule has 0 saturated carbocycles. The summed E-state index contributed by atoms with van der Waals surface area (Å²) >= 11 is 6.20. The van der Waals surface area contributed by atoms with Gasteiger partial charge in [-0.3, -0.25) is 0 Å². The van der Waals surface area contributed by atoms with Crippen molar-refractivity contribution < 1.29 is 8.78 Å². The normalized spacial score (nSPS) is 10.8. The highest BCUT2D eigenvalue weighted by molar-refractivity contribution is 7.99. The van der Waals surface area contributed by atoms with E-state index in [1.807, 2.05) is 6.92 Å². The van der Waals surface area contributed by atoms with Gasteiger partial charge in [0, 0.05) is 16.7 Å². The molecule has 0 fully saturated rings. The van der Waals surface area contributed by atoms with Gasteiger partial charge in [0.25, 0.3) is 5.76 Å². The minimum atomic E-state index is -2.47. The Bertz CT molecular complexity index is 581. The summed E-state index contributed by atoms with van der Waals surface area (Å²) in [6.07, 6.45) is 1.57. The Morgan fingerprint density at radius 3 is 2.79 bits per heavy atom. The van der Waals surface area contributed by atoms with Gasteiger partial charge in [0.2, 0.25) is 5.28 Å². The molecular weight excluding hydrogens is 292 g/mol. The van der Waals surface area contributed by atoms with Gasteiger partial charge in [-0.2, -0.15) is 8.78 Å². The first kappa shape index (κ1) is 14.0. The maximum atomic E-state index is 12.5. The second-order valence-corrected chi connectivity index (χ2v) is 5.04. The van der Waals surface area contributed by atoms with Crippen LogP contribution in [0.25, 0.3) is 0 Å². The lowest BCUT2D eigenvalue weighted by atomic mass is 10.3. The van der Waals surface area contributed by atoms with Gasteiger partial charge in [-0.15, -0.1) is 0 Å². The smallest absolute Gasteiger partial charge is 0.288 e. The summed E-state index contributed by atoms with van der Waals surface area (Å²) in [7, 11) is 0. The number of anilines is 2. The molecule has 2 aromatic rings. The molecule has 0 unspecified atom stereocenters. The minimum absolute atomic E-state index is 0.104. The number of nitrogens with zero attached hydrogens (tertiary/aromatic N) is 2. The molecule has 0 radical (unpaired) electrons. The van der Waals surface area contributed by atoms with E-state index >= 15 is 0 Å². The number of aryl methyl sites for hydroxylation is 1. The number of nitrogens with one attached hydrogen (secondary N) is 1. The zero-order chi connectivity index (χ0) is 13.8. The lowest BCUT2D eigenvalue weighted by Gasteiger charge is -2.12. The van der Waals surface area contributed by atoms with Crippen molar-refractivity contribution in [2.75, 3.05) is 5.32 Å². The van der Waals surface area contributed by atoms with E-state index in [4.69, 9.17) is 11.6 Å². The van der Waals surface area contributed by atoms with Gasteiger partial charge in [-0.05, 0) is 30.7 Å². The third kappa shape index (κ3) is 3.78. The van der Waals surface area contributed by atoms with Crippen molar-refractivity contribution in [1.29, 1.82) is 0 Å². The molecule has 1 aromatic carbocycles. The Morgan fingerprint density at radius 1 is 1.32 bits per heavy atom. The molecular formula is C12H10ClF2N3S. The zero-order valence-corrected chi connectivity index (χ0v) is 11.5. The number of hydrogen-bond donors (Lipinski definition) is 1. The van der Waals surface area contributed by atoms with Crippen LogP contribution in [0.15, 0.2) is 35.4 Å². The number of thioether (sulfide) groups is 1. The van der Waals surface area contributed by atoms with E-state index in [-0.39, 0.29) is 5.28 Å². The molecule has 0 aliphatic carbocycles. The number of aromatic nitrogens is 2. The standard InChI is InChI=1S/C12H10ClF2N3S/c1-7-6-16-11(13)18-10(7)17-8-4-2-3-5-9(8)19-12(14)15/h2-6,12H,1H3,(H,16,17,18). The SMILES string of the molecule is Cc1cnc(Cl)nc1Nc1ccccc1SC(F)F. The first-order valence-corrected chi connectivity index (χ1v) is 6.62.